The summed E-state index contributed by atoms with van der Waals surface area (Å²) in [5.41, 5.74) is 2.74. The Morgan fingerprint density at radius 2 is 1.83 bits per heavy atom. The second-order valence-electron chi connectivity index (χ2n) is 9.28. The van der Waals surface area contributed by atoms with Gasteiger partial charge in [-0.3, -0.25) is 9.29 Å². The first-order chi connectivity index (χ1) is 17.6. The summed E-state index contributed by atoms with van der Waals surface area (Å²) >= 11 is 0. The van der Waals surface area contributed by atoms with Gasteiger partial charge in [-0.2, -0.15) is 0 Å². The summed E-state index contributed by atoms with van der Waals surface area (Å²) in [5, 5.41) is 19.3. The maximum absolute atomic E-state index is 16.0. The van der Waals surface area contributed by atoms with E-state index >= 15 is 4.39 Å². The van der Waals surface area contributed by atoms with Crippen molar-refractivity contribution in [3.8, 4) is 17.2 Å². The Balaban J connectivity index is 1.39. The van der Waals surface area contributed by atoms with Gasteiger partial charge in [0.1, 0.15) is 29.7 Å². The zero-order valence-corrected chi connectivity index (χ0v) is 19.9. The van der Waals surface area contributed by atoms with Gasteiger partial charge in [0.25, 0.3) is 0 Å². The number of aliphatic hydroxyl groups excluding tert-OH is 1. The van der Waals surface area contributed by atoms with Gasteiger partial charge < -0.3 is 19.7 Å². The molecule has 0 bridgehead atoms. The molecule has 2 N–H and O–H groups in total. The predicted octanol–water partition coefficient (Wildman–Crippen LogP) is 5.18. The number of alkyl halides is 1. The maximum Gasteiger partial charge on any atom is 0.152 e. The highest BCUT2D eigenvalue weighted by Gasteiger charge is 2.32. The van der Waals surface area contributed by atoms with E-state index in [4.69, 9.17) is 9.47 Å². The molecule has 7 heteroatoms. The van der Waals surface area contributed by atoms with E-state index in [0.29, 0.717) is 41.2 Å². The Hall–Kier alpha value is -3.42. The van der Waals surface area contributed by atoms with E-state index in [1.807, 2.05) is 30.3 Å². The number of ether oxygens (including phenoxy) is 2. The van der Waals surface area contributed by atoms with Crippen LogP contribution in [0.2, 0.25) is 0 Å². The Morgan fingerprint density at radius 3 is 2.56 bits per heavy atom. The number of likely N-dealkylation sites (tertiary alicyclic amines) is 1. The number of fused-ring (bicyclic) bond motifs is 1. The molecule has 1 atom stereocenters. The van der Waals surface area contributed by atoms with Crippen LogP contribution >= 0.6 is 0 Å². The molecule has 0 saturated carbocycles. The first-order valence-corrected chi connectivity index (χ1v) is 12.2. The summed E-state index contributed by atoms with van der Waals surface area (Å²) in [6.45, 7) is 2.50. The lowest BCUT2D eigenvalue weighted by atomic mass is 9.89. The molecule has 1 saturated heterocycles. The van der Waals surface area contributed by atoms with E-state index in [2.05, 4.69) is 4.90 Å². The molecule has 1 fully saturated rings. The molecular weight excluding hydrogens is 464 g/mol. The van der Waals surface area contributed by atoms with Crippen molar-refractivity contribution >= 4 is 11.4 Å². The van der Waals surface area contributed by atoms with Gasteiger partial charge in [-0.15, -0.1) is 0 Å². The second kappa shape index (κ2) is 10.7. The van der Waals surface area contributed by atoms with E-state index in [9.17, 15) is 14.6 Å². The molecule has 0 amide bonds. The highest BCUT2D eigenvalue weighted by Crippen LogP contribution is 2.48. The molecule has 3 aromatic carbocycles. The number of phenols is 1. The van der Waals surface area contributed by atoms with Crippen LogP contribution < -0.4 is 9.47 Å². The predicted molar refractivity (Wildman–Crippen MR) is 134 cm³/mol. The number of nitrogens with zero attached hydrogens (tertiary/aromatic N) is 1. The van der Waals surface area contributed by atoms with Gasteiger partial charge >= 0.3 is 0 Å². The standard InChI is InChI=1S/C29H29F2NO4/c30-16-20-17-32(18-20)11-13-35-24-7-5-21(6-8-24)29-27(22-2-1-3-23(34)15-22)28(31)25-14-19(10-12-33)4-9-26(25)36-29/h1-9,14-15,20,29,33-34H,10-13,16-18H2/t29-/m0/s1. The van der Waals surface area contributed by atoms with Gasteiger partial charge in [-0.05, 0) is 59.5 Å². The highest BCUT2D eigenvalue weighted by molar-refractivity contribution is 5.93. The molecule has 188 valence electrons. The molecule has 2 heterocycles. The molecule has 36 heavy (non-hydrogen) atoms. The van der Waals surface area contributed by atoms with Crippen LogP contribution in [0.15, 0.2) is 66.7 Å². The molecule has 5 rings (SSSR count). The highest BCUT2D eigenvalue weighted by atomic mass is 19.1. The third-order valence-corrected chi connectivity index (χ3v) is 6.69. The molecule has 5 nitrogen and oxygen atoms in total. The first kappa shape index (κ1) is 24.3. The summed E-state index contributed by atoms with van der Waals surface area (Å²) in [6, 6.07) is 19.1. The van der Waals surface area contributed by atoms with Gasteiger partial charge in [-0.1, -0.05) is 30.3 Å². The number of aromatic hydroxyl groups is 1. The molecule has 0 aliphatic carbocycles. The average Bonchev–Trinajstić information content (AvgIpc) is 2.86. The average molecular weight is 494 g/mol. The third-order valence-electron chi connectivity index (χ3n) is 6.69. The number of hydrogen-bond donors (Lipinski definition) is 2. The monoisotopic (exact) mass is 493 g/mol. The molecule has 0 spiro atoms. The van der Waals surface area contributed by atoms with E-state index in [0.717, 1.165) is 30.8 Å². The molecule has 2 aliphatic heterocycles. The summed E-state index contributed by atoms with van der Waals surface area (Å²) in [7, 11) is 0. The van der Waals surface area contributed by atoms with Gasteiger partial charge in [0.2, 0.25) is 0 Å². The number of aliphatic hydroxyl groups is 1. The minimum absolute atomic E-state index is 0.0302. The minimum Gasteiger partial charge on any atom is -0.508 e. The van der Waals surface area contributed by atoms with E-state index in [1.54, 1.807) is 24.3 Å². The molecular formula is C29H29F2NO4. The zero-order chi connectivity index (χ0) is 25.1. The van der Waals surface area contributed by atoms with Crippen molar-refractivity contribution in [1.82, 2.24) is 4.90 Å². The first-order valence-electron chi connectivity index (χ1n) is 12.2. The van der Waals surface area contributed by atoms with Crippen LogP contribution in [-0.4, -0.2) is 54.6 Å². The Bertz CT molecular complexity index is 1240. The number of phenolic OH excluding ortho intramolecular Hbond substituents is 1. The fourth-order valence-corrected chi connectivity index (χ4v) is 4.76. The Morgan fingerprint density at radius 1 is 1.03 bits per heavy atom. The summed E-state index contributed by atoms with van der Waals surface area (Å²) in [6.07, 6.45) is -0.308. The van der Waals surface area contributed by atoms with Crippen LogP contribution in [0.3, 0.4) is 0 Å². The largest absolute Gasteiger partial charge is 0.508 e. The third kappa shape index (κ3) is 5.08. The number of rotatable bonds is 9. The fraction of sp³-hybridized carbons (Fsp3) is 0.310. The van der Waals surface area contributed by atoms with Crippen molar-refractivity contribution in [3.05, 3.63) is 89.0 Å². The number of hydrogen-bond acceptors (Lipinski definition) is 5. The second-order valence-corrected chi connectivity index (χ2v) is 9.28. The van der Waals surface area contributed by atoms with Crippen LogP contribution in [0.25, 0.3) is 11.4 Å². The molecule has 3 aromatic rings. The Kier molecular flexibility index (Phi) is 7.20. The normalized spacial score (nSPS) is 17.9. The lowest BCUT2D eigenvalue weighted by molar-refractivity contribution is 0.0668. The van der Waals surface area contributed by atoms with Crippen LogP contribution in [0.4, 0.5) is 8.78 Å². The smallest absolute Gasteiger partial charge is 0.152 e. The molecule has 2 aliphatic rings. The van der Waals surface area contributed by atoms with Gasteiger partial charge in [0.15, 0.2) is 6.10 Å². The van der Waals surface area contributed by atoms with Crippen LogP contribution in [0.5, 0.6) is 17.2 Å². The van der Waals surface area contributed by atoms with Crippen molar-refractivity contribution in [1.29, 1.82) is 0 Å². The summed E-state index contributed by atoms with van der Waals surface area (Å²) in [4.78, 5) is 2.16. The lowest BCUT2D eigenvalue weighted by Gasteiger charge is -2.37. The quantitative estimate of drug-likeness (QED) is 0.430. The van der Waals surface area contributed by atoms with Crippen LogP contribution in [0.1, 0.15) is 28.4 Å². The summed E-state index contributed by atoms with van der Waals surface area (Å²) < 4.78 is 40.8. The SMILES string of the molecule is OCCc1ccc2c(c1)C(F)=C(c1cccc(O)c1)[C@H](c1ccc(OCCN3CC(CF)C3)cc1)O2. The zero-order valence-electron chi connectivity index (χ0n) is 19.9. The fourth-order valence-electron chi connectivity index (χ4n) is 4.76. The van der Waals surface area contributed by atoms with E-state index in [1.165, 1.54) is 12.1 Å². The van der Waals surface area contributed by atoms with Gasteiger partial charge in [0.05, 0.1) is 12.2 Å². The maximum atomic E-state index is 16.0. The van der Waals surface area contributed by atoms with Crippen molar-refractivity contribution in [3.63, 3.8) is 0 Å². The minimum atomic E-state index is -0.726. The van der Waals surface area contributed by atoms with E-state index in [-0.39, 0.29) is 24.9 Å². The van der Waals surface area contributed by atoms with Gasteiger partial charge in [-0.25, -0.2) is 4.39 Å². The van der Waals surface area contributed by atoms with Crippen LogP contribution in [-0.2, 0) is 6.42 Å². The van der Waals surface area contributed by atoms with Gasteiger partial charge in [0, 0.05) is 37.7 Å². The molecule has 0 aromatic heterocycles. The van der Waals surface area contributed by atoms with Crippen molar-refractivity contribution in [2.45, 2.75) is 12.5 Å². The van der Waals surface area contributed by atoms with E-state index < -0.39 is 11.9 Å². The lowest BCUT2D eigenvalue weighted by Crippen LogP contribution is -2.49. The van der Waals surface area contributed by atoms with Crippen molar-refractivity contribution in [2.24, 2.45) is 5.92 Å². The topological polar surface area (TPSA) is 62.2 Å². The molecule has 0 unspecified atom stereocenters. The molecule has 0 radical (unpaired) electrons. The Labute approximate surface area is 209 Å². The number of benzene rings is 3. The number of halogens is 2. The summed E-state index contributed by atoms with van der Waals surface area (Å²) in [5.74, 6) is 0.877. The van der Waals surface area contributed by atoms with Crippen molar-refractivity contribution in [2.75, 3.05) is 39.5 Å². The van der Waals surface area contributed by atoms with Crippen molar-refractivity contribution < 1.29 is 28.5 Å². The van der Waals surface area contributed by atoms with Crippen LogP contribution in [0, 0.1) is 5.92 Å².